The van der Waals surface area contributed by atoms with Crippen molar-refractivity contribution < 1.29 is 4.74 Å². The van der Waals surface area contributed by atoms with Crippen LogP contribution in [0.2, 0.25) is 0 Å². The van der Waals surface area contributed by atoms with Gasteiger partial charge in [-0.25, -0.2) is 0 Å². The third-order valence-corrected chi connectivity index (χ3v) is 3.25. The fourth-order valence-corrected chi connectivity index (χ4v) is 2.11. The van der Waals surface area contributed by atoms with Gasteiger partial charge < -0.3 is 4.74 Å². The summed E-state index contributed by atoms with van der Waals surface area (Å²) in [6, 6.07) is 16.7. The van der Waals surface area contributed by atoms with E-state index in [1.807, 2.05) is 18.2 Å². The van der Waals surface area contributed by atoms with Gasteiger partial charge in [-0.1, -0.05) is 37.3 Å². The Hall–Kier alpha value is -2.27. The molecule has 0 saturated carbocycles. The molecule has 2 rings (SSSR count). The minimum absolute atomic E-state index is 0.365. The molecule has 2 nitrogen and oxygen atoms in total. The molecule has 0 unspecified atom stereocenters. The van der Waals surface area contributed by atoms with E-state index in [0.29, 0.717) is 6.42 Å². The van der Waals surface area contributed by atoms with Gasteiger partial charge in [-0.15, -0.1) is 0 Å². The number of hydrogen-bond donors (Lipinski definition) is 0. The highest BCUT2D eigenvalue weighted by atomic mass is 16.5. The van der Waals surface area contributed by atoms with Gasteiger partial charge >= 0.3 is 0 Å². The first-order valence-corrected chi connectivity index (χ1v) is 6.41. The lowest BCUT2D eigenvalue weighted by atomic mass is 10.00. The zero-order valence-corrected chi connectivity index (χ0v) is 11.3. The fraction of sp³-hybridized carbons (Fsp3) is 0.235. The Balaban J connectivity index is 2.39. The zero-order chi connectivity index (χ0) is 13.7. The van der Waals surface area contributed by atoms with Gasteiger partial charge in [0, 0.05) is 5.56 Å². The second-order valence-electron chi connectivity index (χ2n) is 4.41. The first kappa shape index (κ1) is 13.2. The highest BCUT2D eigenvalue weighted by molar-refractivity contribution is 5.66. The molecule has 19 heavy (non-hydrogen) atoms. The summed E-state index contributed by atoms with van der Waals surface area (Å²) in [6.07, 6.45) is 1.41. The number of benzene rings is 2. The molecular weight excluding hydrogens is 234 g/mol. The summed E-state index contributed by atoms with van der Waals surface area (Å²) in [5, 5.41) is 8.86. The molecular formula is C17H17NO. The lowest BCUT2D eigenvalue weighted by Gasteiger charge is -2.09. The van der Waals surface area contributed by atoms with Gasteiger partial charge in [0.05, 0.1) is 19.6 Å². The van der Waals surface area contributed by atoms with Gasteiger partial charge in [0.25, 0.3) is 0 Å². The van der Waals surface area contributed by atoms with E-state index in [1.165, 1.54) is 11.1 Å². The molecule has 0 aromatic heterocycles. The average Bonchev–Trinajstić information content (AvgIpc) is 2.47. The minimum Gasteiger partial charge on any atom is -0.496 e. The van der Waals surface area contributed by atoms with Crippen LogP contribution < -0.4 is 4.74 Å². The van der Waals surface area contributed by atoms with Gasteiger partial charge in [0.2, 0.25) is 0 Å². The van der Waals surface area contributed by atoms with Crippen LogP contribution in [0.4, 0.5) is 0 Å². The SMILES string of the molecule is CCc1ccc(-c2ccc(OC)c(CC#N)c2)cc1. The maximum absolute atomic E-state index is 8.86. The molecule has 0 atom stereocenters. The van der Waals surface area contributed by atoms with Crippen molar-refractivity contribution in [1.82, 2.24) is 0 Å². The molecule has 0 aliphatic heterocycles. The van der Waals surface area contributed by atoms with E-state index >= 15 is 0 Å². The molecule has 0 fully saturated rings. The number of nitriles is 1. The Morgan fingerprint density at radius 1 is 1.05 bits per heavy atom. The minimum atomic E-state index is 0.365. The van der Waals surface area contributed by atoms with Crippen molar-refractivity contribution in [3.63, 3.8) is 0 Å². The van der Waals surface area contributed by atoms with Crippen molar-refractivity contribution in [1.29, 1.82) is 5.26 Å². The highest BCUT2D eigenvalue weighted by Gasteiger charge is 2.05. The van der Waals surface area contributed by atoms with E-state index in [0.717, 1.165) is 23.3 Å². The number of aryl methyl sites for hydroxylation is 1. The first-order chi connectivity index (χ1) is 9.28. The average molecular weight is 251 g/mol. The van der Waals surface area contributed by atoms with Gasteiger partial charge in [-0.2, -0.15) is 5.26 Å². The molecule has 2 heteroatoms. The summed E-state index contributed by atoms with van der Waals surface area (Å²) in [5.74, 6) is 0.774. The van der Waals surface area contributed by atoms with Crippen molar-refractivity contribution in [2.45, 2.75) is 19.8 Å². The molecule has 96 valence electrons. The first-order valence-electron chi connectivity index (χ1n) is 6.41. The van der Waals surface area contributed by atoms with Crippen molar-refractivity contribution in [2.24, 2.45) is 0 Å². The Morgan fingerprint density at radius 3 is 2.32 bits per heavy atom. The number of nitrogens with zero attached hydrogens (tertiary/aromatic N) is 1. The van der Waals surface area contributed by atoms with Crippen LogP contribution in [0, 0.1) is 11.3 Å². The number of methoxy groups -OCH3 is 1. The molecule has 0 heterocycles. The van der Waals surface area contributed by atoms with Gasteiger partial charge in [0.15, 0.2) is 0 Å². The van der Waals surface area contributed by atoms with Crippen molar-refractivity contribution >= 4 is 0 Å². The van der Waals surface area contributed by atoms with Crippen molar-refractivity contribution in [2.75, 3.05) is 7.11 Å². The highest BCUT2D eigenvalue weighted by Crippen LogP contribution is 2.27. The summed E-state index contributed by atoms with van der Waals surface area (Å²) < 4.78 is 5.27. The van der Waals surface area contributed by atoms with Crippen molar-refractivity contribution in [3.05, 3.63) is 53.6 Å². The quantitative estimate of drug-likeness (QED) is 0.823. The summed E-state index contributed by atoms with van der Waals surface area (Å²) in [7, 11) is 1.63. The summed E-state index contributed by atoms with van der Waals surface area (Å²) in [4.78, 5) is 0. The lowest BCUT2D eigenvalue weighted by molar-refractivity contribution is 0.411. The maximum Gasteiger partial charge on any atom is 0.123 e. The smallest absolute Gasteiger partial charge is 0.123 e. The third kappa shape index (κ3) is 2.95. The molecule has 0 amide bonds. The van der Waals surface area contributed by atoms with Crippen LogP contribution in [0.1, 0.15) is 18.1 Å². The monoisotopic (exact) mass is 251 g/mol. The largest absolute Gasteiger partial charge is 0.496 e. The molecule has 0 spiro atoms. The Morgan fingerprint density at radius 2 is 1.74 bits per heavy atom. The van der Waals surface area contributed by atoms with Crippen LogP contribution in [0.5, 0.6) is 5.75 Å². The van der Waals surface area contributed by atoms with Gasteiger partial charge in [-0.05, 0) is 35.2 Å². The van der Waals surface area contributed by atoms with E-state index < -0.39 is 0 Å². The van der Waals surface area contributed by atoms with E-state index in [2.05, 4.69) is 37.3 Å². The predicted molar refractivity (Wildman–Crippen MR) is 77.1 cm³/mol. The predicted octanol–water partition coefficient (Wildman–Crippen LogP) is 3.99. The Bertz CT molecular complexity index is 594. The molecule has 0 aliphatic rings. The van der Waals surface area contributed by atoms with E-state index in [1.54, 1.807) is 7.11 Å². The van der Waals surface area contributed by atoms with Crippen LogP contribution in [0.3, 0.4) is 0 Å². The molecule has 0 radical (unpaired) electrons. The molecule has 0 bridgehead atoms. The maximum atomic E-state index is 8.86. The molecule has 0 aliphatic carbocycles. The number of rotatable bonds is 4. The van der Waals surface area contributed by atoms with Gasteiger partial charge in [0.1, 0.15) is 5.75 Å². The zero-order valence-electron chi connectivity index (χ0n) is 11.3. The standard InChI is InChI=1S/C17H17NO/c1-3-13-4-6-14(7-5-13)15-8-9-17(19-2)16(12-15)10-11-18/h4-9,12H,3,10H2,1-2H3. The number of hydrogen-bond acceptors (Lipinski definition) is 2. The van der Waals surface area contributed by atoms with Crippen molar-refractivity contribution in [3.8, 4) is 22.9 Å². The summed E-state index contributed by atoms with van der Waals surface area (Å²) in [6.45, 7) is 2.15. The number of ether oxygens (including phenoxy) is 1. The molecule has 2 aromatic rings. The normalized spacial score (nSPS) is 9.95. The van der Waals surface area contributed by atoms with Crippen LogP contribution >= 0.6 is 0 Å². The van der Waals surface area contributed by atoms with Crippen LogP contribution in [-0.2, 0) is 12.8 Å². The van der Waals surface area contributed by atoms with E-state index in [9.17, 15) is 0 Å². The van der Waals surface area contributed by atoms with Crippen LogP contribution in [-0.4, -0.2) is 7.11 Å². The topological polar surface area (TPSA) is 33.0 Å². The second kappa shape index (κ2) is 6.06. The van der Waals surface area contributed by atoms with Gasteiger partial charge in [-0.3, -0.25) is 0 Å². The molecule has 0 N–H and O–H groups in total. The van der Waals surface area contributed by atoms with E-state index in [-0.39, 0.29) is 0 Å². The Kier molecular flexibility index (Phi) is 4.20. The fourth-order valence-electron chi connectivity index (χ4n) is 2.11. The van der Waals surface area contributed by atoms with Crippen LogP contribution in [0.25, 0.3) is 11.1 Å². The summed E-state index contributed by atoms with van der Waals surface area (Å²) in [5.41, 5.74) is 4.55. The molecule has 0 saturated heterocycles. The lowest BCUT2D eigenvalue weighted by Crippen LogP contribution is -1.92. The third-order valence-electron chi connectivity index (χ3n) is 3.25. The van der Waals surface area contributed by atoms with E-state index in [4.69, 9.17) is 10.00 Å². The summed E-state index contributed by atoms with van der Waals surface area (Å²) >= 11 is 0. The van der Waals surface area contributed by atoms with Crippen LogP contribution in [0.15, 0.2) is 42.5 Å². The molecule has 2 aromatic carbocycles. The second-order valence-corrected chi connectivity index (χ2v) is 4.41. The Labute approximate surface area is 114 Å².